The Bertz CT molecular complexity index is 1150. The molecule has 0 saturated carbocycles. The van der Waals surface area contributed by atoms with Crippen molar-refractivity contribution in [3.63, 3.8) is 0 Å². The molecule has 34 heavy (non-hydrogen) atoms. The molecule has 0 aromatic heterocycles. The van der Waals surface area contributed by atoms with E-state index >= 15 is 0 Å². The van der Waals surface area contributed by atoms with Crippen LogP contribution in [-0.2, 0) is 14.8 Å². The fraction of sp³-hybridized carbons (Fsp3) is 0.409. The number of rotatable bonds is 9. The number of methoxy groups -OCH3 is 2. The van der Waals surface area contributed by atoms with Crippen molar-refractivity contribution in [2.45, 2.75) is 11.8 Å². The van der Waals surface area contributed by atoms with Crippen molar-refractivity contribution in [1.82, 2.24) is 9.80 Å². The van der Waals surface area contributed by atoms with Crippen LogP contribution in [0, 0.1) is 10.1 Å². The van der Waals surface area contributed by atoms with E-state index in [0.29, 0.717) is 31.9 Å². The number of anilines is 1. The first-order valence-electron chi connectivity index (χ1n) is 10.7. The summed E-state index contributed by atoms with van der Waals surface area (Å²) in [6, 6.07) is 9.52. The van der Waals surface area contributed by atoms with Crippen LogP contribution in [0.15, 0.2) is 47.4 Å². The molecule has 1 aliphatic rings. The molecule has 1 heterocycles. The second-order valence-electron chi connectivity index (χ2n) is 7.59. The molecule has 12 heteroatoms. The van der Waals surface area contributed by atoms with E-state index in [4.69, 9.17) is 9.47 Å². The molecule has 0 spiro atoms. The number of benzene rings is 2. The Morgan fingerprint density at radius 3 is 2.35 bits per heavy atom. The number of hydrogen-bond acceptors (Lipinski definition) is 8. The number of amides is 1. The van der Waals surface area contributed by atoms with Gasteiger partial charge in [0.25, 0.3) is 15.7 Å². The number of nitrogens with zero attached hydrogens (tertiary/aromatic N) is 4. The van der Waals surface area contributed by atoms with Crippen molar-refractivity contribution < 1.29 is 27.6 Å². The molecule has 0 unspecified atom stereocenters. The number of para-hydroxylation sites is 1. The van der Waals surface area contributed by atoms with Crippen LogP contribution in [-0.4, -0.2) is 82.5 Å². The maximum atomic E-state index is 13.8. The molecular weight excluding hydrogens is 464 g/mol. The fourth-order valence-electron chi connectivity index (χ4n) is 3.77. The zero-order valence-electron chi connectivity index (χ0n) is 19.3. The van der Waals surface area contributed by atoms with Gasteiger partial charge in [-0.2, -0.15) is 0 Å². The lowest BCUT2D eigenvalue weighted by atomic mass is 10.2. The van der Waals surface area contributed by atoms with Crippen molar-refractivity contribution in [1.29, 1.82) is 0 Å². The number of nitro groups is 1. The van der Waals surface area contributed by atoms with Gasteiger partial charge >= 0.3 is 0 Å². The minimum Gasteiger partial charge on any atom is -0.497 e. The predicted octanol–water partition coefficient (Wildman–Crippen LogP) is 1.97. The third-order valence-electron chi connectivity index (χ3n) is 5.74. The highest BCUT2D eigenvalue weighted by atomic mass is 32.2. The highest BCUT2D eigenvalue weighted by molar-refractivity contribution is 7.93. The number of ether oxygens (including phenoxy) is 2. The maximum Gasteiger partial charge on any atom is 0.289 e. The van der Waals surface area contributed by atoms with E-state index in [1.54, 1.807) is 4.90 Å². The Morgan fingerprint density at radius 1 is 1.09 bits per heavy atom. The second kappa shape index (κ2) is 10.7. The van der Waals surface area contributed by atoms with Crippen LogP contribution in [0.25, 0.3) is 0 Å². The Kier molecular flexibility index (Phi) is 7.94. The standard InChI is InChI=1S/C22H28N4O7S/c1-4-23-11-13-24(14-12-23)22(27)16-25(18-10-9-17(32-2)15-20(18)33-3)34(30,31)21-8-6-5-7-19(21)26(28)29/h5-10,15H,4,11-14,16H2,1-3H3. The van der Waals surface area contributed by atoms with Gasteiger partial charge in [-0.15, -0.1) is 0 Å². The van der Waals surface area contributed by atoms with E-state index < -0.39 is 38.0 Å². The quantitative estimate of drug-likeness (QED) is 0.385. The summed E-state index contributed by atoms with van der Waals surface area (Å²) in [5.74, 6) is 0.159. The number of likely N-dealkylation sites (N-methyl/N-ethyl adjacent to an activating group) is 1. The predicted molar refractivity (Wildman–Crippen MR) is 126 cm³/mol. The Labute approximate surface area is 198 Å². The van der Waals surface area contributed by atoms with Gasteiger partial charge in [-0.05, 0) is 24.7 Å². The van der Waals surface area contributed by atoms with E-state index in [1.165, 1.54) is 44.6 Å². The number of nitro benzene ring substituents is 1. The second-order valence-corrected chi connectivity index (χ2v) is 9.42. The number of sulfonamides is 1. The summed E-state index contributed by atoms with van der Waals surface area (Å²) in [6.07, 6.45) is 0. The molecule has 1 aliphatic heterocycles. The van der Waals surface area contributed by atoms with Crippen molar-refractivity contribution >= 4 is 27.3 Å². The highest BCUT2D eigenvalue weighted by Crippen LogP contribution is 2.37. The molecule has 0 atom stereocenters. The van der Waals surface area contributed by atoms with Crippen LogP contribution in [0.5, 0.6) is 11.5 Å². The molecule has 11 nitrogen and oxygen atoms in total. The number of hydrogen-bond donors (Lipinski definition) is 0. The molecule has 0 bridgehead atoms. The lowest BCUT2D eigenvalue weighted by Crippen LogP contribution is -2.51. The minimum absolute atomic E-state index is 0.0713. The van der Waals surface area contributed by atoms with Crippen LogP contribution in [0.4, 0.5) is 11.4 Å². The highest BCUT2D eigenvalue weighted by Gasteiger charge is 2.36. The van der Waals surface area contributed by atoms with Gasteiger partial charge in [0.15, 0.2) is 4.90 Å². The van der Waals surface area contributed by atoms with Gasteiger partial charge in [-0.1, -0.05) is 19.1 Å². The lowest BCUT2D eigenvalue weighted by Gasteiger charge is -2.35. The largest absolute Gasteiger partial charge is 0.497 e. The molecule has 184 valence electrons. The SMILES string of the molecule is CCN1CCN(C(=O)CN(c2ccc(OC)cc2OC)S(=O)(=O)c2ccccc2[N+](=O)[O-])CC1. The van der Waals surface area contributed by atoms with Gasteiger partial charge in [0.1, 0.15) is 18.0 Å². The molecule has 1 fully saturated rings. The minimum atomic E-state index is -4.52. The normalized spacial score (nSPS) is 14.5. The zero-order valence-corrected chi connectivity index (χ0v) is 20.2. The van der Waals surface area contributed by atoms with Crippen molar-refractivity contribution in [2.75, 3.05) is 57.8 Å². The molecule has 2 aromatic rings. The lowest BCUT2D eigenvalue weighted by molar-refractivity contribution is -0.387. The van der Waals surface area contributed by atoms with Gasteiger partial charge in [-0.25, -0.2) is 8.42 Å². The van der Waals surface area contributed by atoms with Gasteiger partial charge < -0.3 is 19.3 Å². The third-order valence-corrected chi connectivity index (χ3v) is 7.54. The topological polar surface area (TPSA) is 123 Å². The summed E-state index contributed by atoms with van der Waals surface area (Å²) in [6.45, 7) is 4.66. The molecule has 2 aromatic carbocycles. The first-order valence-corrected chi connectivity index (χ1v) is 12.1. The molecule has 1 amide bonds. The fourth-order valence-corrected chi connectivity index (χ4v) is 5.36. The summed E-state index contributed by atoms with van der Waals surface area (Å²) in [4.78, 5) is 27.3. The van der Waals surface area contributed by atoms with Crippen LogP contribution in [0.2, 0.25) is 0 Å². The summed E-state index contributed by atoms with van der Waals surface area (Å²) < 4.78 is 38.9. The van der Waals surface area contributed by atoms with Gasteiger partial charge in [0.05, 0.1) is 24.8 Å². The number of carbonyl (C=O) groups excluding carboxylic acids is 1. The van der Waals surface area contributed by atoms with Gasteiger partial charge in [0.2, 0.25) is 5.91 Å². The average Bonchev–Trinajstić information content (AvgIpc) is 2.86. The van der Waals surface area contributed by atoms with Gasteiger partial charge in [0, 0.05) is 38.3 Å². The summed E-state index contributed by atoms with van der Waals surface area (Å²) in [5.41, 5.74) is -0.508. The van der Waals surface area contributed by atoms with E-state index in [0.717, 1.165) is 23.0 Å². The van der Waals surface area contributed by atoms with E-state index in [1.807, 2.05) is 6.92 Å². The first kappa shape index (κ1) is 25.2. The smallest absolute Gasteiger partial charge is 0.289 e. The van der Waals surface area contributed by atoms with Gasteiger partial charge in [-0.3, -0.25) is 19.2 Å². The van der Waals surface area contributed by atoms with E-state index in [-0.39, 0.29) is 11.4 Å². The van der Waals surface area contributed by atoms with E-state index in [2.05, 4.69) is 4.90 Å². The number of carbonyl (C=O) groups is 1. The zero-order chi connectivity index (χ0) is 24.9. The Hall–Kier alpha value is -3.38. The monoisotopic (exact) mass is 492 g/mol. The average molecular weight is 493 g/mol. The Morgan fingerprint density at radius 2 is 1.76 bits per heavy atom. The van der Waals surface area contributed by atoms with Crippen molar-refractivity contribution in [2.24, 2.45) is 0 Å². The first-order chi connectivity index (χ1) is 16.2. The molecule has 0 aliphatic carbocycles. The molecular formula is C22H28N4O7S. The van der Waals surface area contributed by atoms with Crippen molar-refractivity contribution in [3.8, 4) is 11.5 Å². The van der Waals surface area contributed by atoms with Crippen LogP contribution in [0.3, 0.4) is 0 Å². The summed E-state index contributed by atoms with van der Waals surface area (Å²) >= 11 is 0. The maximum absolute atomic E-state index is 13.8. The van der Waals surface area contributed by atoms with Crippen LogP contribution >= 0.6 is 0 Å². The molecule has 1 saturated heterocycles. The third kappa shape index (κ3) is 5.23. The molecule has 3 rings (SSSR count). The molecule has 0 radical (unpaired) electrons. The summed E-state index contributed by atoms with van der Waals surface area (Å²) in [7, 11) is -1.70. The number of piperazine rings is 1. The van der Waals surface area contributed by atoms with E-state index in [9.17, 15) is 23.3 Å². The summed E-state index contributed by atoms with van der Waals surface area (Å²) in [5, 5.41) is 11.6. The van der Waals surface area contributed by atoms with Crippen LogP contribution < -0.4 is 13.8 Å². The Balaban J connectivity index is 2.06. The molecule has 0 N–H and O–H groups in total. The van der Waals surface area contributed by atoms with Crippen molar-refractivity contribution in [3.05, 3.63) is 52.6 Å². The van der Waals surface area contributed by atoms with Crippen LogP contribution in [0.1, 0.15) is 6.92 Å².